The number of hydrogen-bond acceptors (Lipinski definition) is 5. The van der Waals surface area contributed by atoms with Crippen LogP contribution in [0.4, 0.5) is 17.5 Å². The lowest BCUT2D eigenvalue weighted by Crippen LogP contribution is -2.48. The molecule has 0 bridgehead atoms. The van der Waals surface area contributed by atoms with E-state index in [1.54, 1.807) is 13.1 Å². The lowest BCUT2D eigenvalue weighted by atomic mass is 10.2. The van der Waals surface area contributed by atoms with Crippen LogP contribution in [0.25, 0.3) is 0 Å². The summed E-state index contributed by atoms with van der Waals surface area (Å²) in [5.74, 6) is 1.61. The second-order valence-corrected chi connectivity index (χ2v) is 5.67. The molecule has 6 nitrogen and oxygen atoms in total. The second-order valence-electron chi connectivity index (χ2n) is 5.67. The van der Waals surface area contributed by atoms with Gasteiger partial charge in [0, 0.05) is 45.0 Å². The number of nitrogens with zero attached hydrogens (tertiary/aromatic N) is 4. The molecular weight excluding hydrogens is 290 g/mol. The van der Waals surface area contributed by atoms with E-state index < -0.39 is 0 Å². The highest BCUT2D eigenvalue weighted by molar-refractivity contribution is 5.73. The smallest absolute Gasteiger partial charge is 0.229 e. The van der Waals surface area contributed by atoms with Gasteiger partial charge in [-0.2, -0.15) is 4.98 Å². The molecule has 23 heavy (non-hydrogen) atoms. The highest BCUT2D eigenvalue weighted by atomic mass is 16.2. The van der Waals surface area contributed by atoms with E-state index in [0.717, 1.165) is 43.2 Å². The lowest BCUT2D eigenvalue weighted by molar-refractivity contribution is -0.129. The molecule has 1 amide bonds. The molecule has 2 aromatic rings. The lowest BCUT2D eigenvalue weighted by Gasteiger charge is -2.34. The van der Waals surface area contributed by atoms with Gasteiger partial charge in [0.1, 0.15) is 5.82 Å². The molecule has 1 saturated heterocycles. The number of anilines is 3. The molecule has 120 valence electrons. The minimum absolute atomic E-state index is 0.134. The molecule has 0 unspecified atom stereocenters. The highest BCUT2D eigenvalue weighted by Gasteiger charge is 2.19. The third-order valence-electron chi connectivity index (χ3n) is 4.08. The normalized spacial score (nSPS) is 14.7. The van der Waals surface area contributed by atoms with Gasteiger partial charge in [0.15, 0.2) is 0 Å². The Morgan fingerprint density at radius 1 is 1.13 bits per heavy atom. The Kier molecular flexibility index (Phi) is 4.41. The van der Waals surface area contributed by atoms with Crippen molar-refractivity contribution in [3.05, 3.63) is 42.1 Å². The zero-order chi connectivity index (χ0) is 16.2. The number of aromatic nitrogens is 2. The average Bonchev–Trinajstić information content (AvgIpc) is 2.57. The van der Waals surface area contributed by atoms with Crippen molar-refractivity contribution in [2.75, 3.05) is 36.4 Å². The maximum absolute atomic E-state index is 11.4. The van der Waals surface area contributed by atoms with Crippen LogP contribution in [-0.4, -0.2) is 47.0 Å². The molecule has 1 aliphatic heterocycles. The van der Waals surface area contributed by atoms with E-state index in [9.17, 15) is 4.79 Å². The Morgan fingerprint density at radius 2 is 1.87 bits per heavy atom. The first-order valence-corrected chi connectivity index (χ1v) is 7.79. The molecule has 6 heteroatoms. The summed E-state index contributed by atoms with van der Waals surface area (Å²) in [6, 6.07) is 9.96. The zero-order valence-electron chi connectivity index (χ0n) is 13.5. The predicted molar refractivity (Wildman–Crippen MR) is 91.0 cm³/mol. The molecule has 0 saturated carbocycles. The van der Waals surface area contributed by atoms with E-state index in [4.69, 9.17) is 0 Å². The minimum Gasteiger partial charge on any atom is -0.353 e. The third-order valence-corrected chi connectivity index (χ3v) is 4.08. The Balaban J connectivity index is 1.71. The van der Waals surface area contributed by atoms with Crippen LogP contribution >= 0.6 is 0 Å². The van der Waals surface area contributed by atoms with Crippen LogP contribution in [0.15, 0.2) is 36.5 Å². The van der Waals surface area contributed by atoms with Crippen LogP contribution < -0.4 is 10.2 Å². The predicted octanol–water partition coefficient (Wildman–Crippen LogP) is 2.20. The molecule has 0 atom stereocenters. The van der Waals surface area contributed by atoms with Gasteiger partial charge in [-0.25, -0.2) is 4.98 Å². The topological polar surface area (TPSA) is 61.4 Å². The summed E-state index contributed by atoms with van der Waals surface area (Å²) in [6.45, 7) is 6.72. The molecule has 0 aliphatic carbocycles. The molecule has 2 heterocycles. The van der Waals surface area contributed by atoms with Gasteiger partial charge in [-0.15, -0.1) is 0 Å². The van der Waals surface area contributed by atoms with Crippen molar-refractivity contribution in [3.8, 4) is 0 Å². The van der Waals surface area contributed by atoms with E-state index in [-0.39, 0.29) is 5.91 Å². The van der Waals surface area contributed by atoms with Crippen LogP contribution in [0.2, 0.25) is 0 Å². The maximum Gasteiger partial charge on any atom is 0.229 e. The van der Waals surface area contributed by atoms with E-state index in [0.29, 0.717) is 5.95 Å². The third kappa shape index (κ3) is 3.59. The molecule has 1 fully saturated rings. The number of piperazine rings is 1. The fraction of sp³-hybridized carbons (Fsp3) is 0.353. The molecular formula is C17H21N5O. The fourth-order valence-corrected chi connectivity index (χ4v) is 2.67. The van der Waals surface area contributed by atoms with Crippen LogP contribution in [-0.2, 0) is 4.79 Å². The molecule has 1 N–H and O–H groups in total. The summed E-state index contributed by atoms with van der Waals surface area (Å²) in [5, 5.41) is 3.27. The number of para-hydroxylation sites is 1. The van der Waals surface area contributed by atoms with Crippen molar-refractivity contribution in [2.45, 2.75) is 13.8 Å². The number of hydrogen-bond donors (Lipinski definition) is 1. The molecule has 1 aromatic heterocycles. The van der Waals surface area contributed by atoms with E-state index in [2.05, 4.69) is 20.2 Å². The van der Waals surface area contributed by atoms with Crippen LogP contribution in [0, 0.1) is 6.92 Å². The van der Waals surface area contributed by atoms with Crippen molar-refractivity contribution in [1.82, 2.24) is 14.9 Å². The summed E-state index contributed by atoms with van der Waals surface area (Å²) in [5.41, 5.74) is 2.16. The van der Waals surface area contributed by atoms with Gasteiger partial charge in [0.2, 0.25) is 11.9 Å². The molecule has 1 aromatic carbocycles. The minimum atomic E-state index is 0.134. The number of rotatable bonds is 3. The van der Waals surface area contributed by atoms with Crippen LogP contribution in [0.5, 0.6) is 0 Å². The van der Waals surface area contributed by atoms with Gasteiger partial charge in [-0.05, 0) is 24.6 Å². The summed E-state index contributed by atoms with van der Waals surface area (Å²) < 4.78 is 0. The standard InChI is InChI=1S/C17H21N5O/c1-13-5-3-4-6-15(13)19-17-18-8-7-16(20-17)22-11-9-21(10-12-22)14(2)23/h3-8H,9-12H2,1-2H3,(H,18,19,20). The van der Waals surface area contributed by atoms with Crippen molar-refractivity contribution < 1.29 is 4.79 Å². The van der Waals surface area contributed by atoms with Crippen molar-refractivity contribution in [2.24, 2.45) is 0 Å². The van der Waals surface area contributed by atoms with Crippen molar-refractivity contribution in [3.63, 3.8) is 0 Å². The average molecular weight is 311 g/mol. The number of amides is 1. The Labute approximate surface area is 136 Å². The molecule has 0 spiro atoms. The number of carbonyl (C=O) groups excluding carboxylic acids is 1. The SMILES string of the molecule is CC(=O)N1CCN(c2ccnc(Nc3ccccc3C)n2)CC1. The van der Waals surface area contributed by atoms with E-state index in [1.165, 1.54) is 0 Å². The maximum atomic E-state index is 11.4. The van der Waals surface area contributed by atoms with Gasteiger partial charge in [-0.3, -0.25) is 4.79 Å². The molecule has 3 rings (SSSR count). The van der Waals surface area contributed by atoms with Crippen LogP contribution in [0.3, 0.4) is 0 Å². The summed E-state index contributed by atoms with van der Waals surface area (Å²) in [7, 11) is 0. The van der Waals surface area contributed by atoms with Gasteiger partial charge in [0.05, 0.1) is 0 Å². The van der Waals surface area contributed by atoms with Crippen LogP contribution in [0.1, 0.15) is 12.5 Å². The molecule has 0 radical (unpaired) electrons. The zero-order valence-corrected chi connectivity index (χ0v) is 13.5. The first kappa shape index (κ1) is 15.3. The first-order chi connectivity index (χ1) is 11.1. The Morgan fingerprint density at radius 3 is 2.57 bits per heavy atom. The van der Waals surface area contributed by atoms with E-state index >= 15 is 0 Å². The number of benzene rings is 1. The number of carbonyl (C=O) groups is 1. The van der Waals surface area contributed by atoms with Crippen molar-refractivity contribution >= 4 is 23.4 Å². The summed E-state index contributed by atoms with van der Waals surface area (Å²) in [4.78, 5) is 24.4. The van der Waals surface area contributed by atoms with Gasteiger partial charge in [-0.1, -0.05) is 18.2 Å². The van der Waals surface area contributed by atoms with E-state index in [1.807, 2.05) is 42.2 Å². The Bertz CT molecular complexity index is 695. The molecule has 1 aliphatic rings. The van der Waals surface area contributed by atoms with Gasteiger partial charge in [0.25, 0.3) is 0 Å². The fourth-order valence-electron chi connectivity index (χ4n) is 2.67. The van der Waals surface area contributed by atoms with Gasteiger partial charge >= 0.3 is 0 Å². The van der Waals surface area contributed by atoms with Crippen molar-refractivity contribution in [1.29, 1.82) is 0 Å². The summed E-state index contributed by atoms with van der Waals surface area (Å²) >= 11 is 0. The Hall–Kier alpha value is -2.63. The first-order valence-electron chi connectivity index (χ1n) is 7.79. The number of nitrogens with one attached hydrogen (secondary N) is 1. The largest absolute Gasteiger partial charge is 0.353 e. The second kappa shape index (κ2) is 6.64. The number of aryl methyl sites for hydroxylation is 1. The highest BCUT2D eigenvalue weighted by Crippen LogP contribution is 2.20. The quantitative estimate of drug-likeness (QED) is 0.941. The van der Waals surface area contributed by atoms with Gasteiger partial charge < -0.3 is 15.1 Å². The summed E-state index contributed by atoms with van der Waals surface area (Å²) in [6.07, 6.45) is 1.76. The monoisotopic (exact) mass is 311 g/mol.